The highest BCUT2D eigenvalue weighted by atomic mass is 28.4. The van der Waals surface area contributed by atoms with Crippen LogP contribution < -0.4 is 0 Å². The van der Waals surface area contributed by atoms with E-state index in [1.165, 1.54) is 24.8 Å². The largest absolute Gasteiger partial charge is 0.481 e. The molecule has 2 N–H and O–H groups in total. The Morgan fingerprint density at radius 3 is 2.59 bits per heavy atom. The average molecular weight is 465 g/mol. The van der Waals surface area contributed by atoms with Gasteiger partial charge in [-0.05, 0) is 74.7 Å². The van der Waals surface area contributed by atoms with E-state index in [0.717, 1.165) is 32.1 Å². The van der Waals surface area contributed by atoms with Crippen LogP contribution in [-0.4, -0.2) is 36.7 Å². The summed E-state index contributed by atoms with van der Waals surface area (Å²) in [6.45, 7) is 16.2. The van der Waals surface area contributed by atoms with Gasteiger partial charge in [-0.2, -0.15) is 0 Å². The summed E-state index contributed by atoms with van der Waals surface area (Å²) in [4.78, 5) is 10.6. The van der Waals surface area contributed by atoms with E-state index in [2.05, 4.69) is 59.5 Å². The molecule has 32 heavy (non-hydrogen) atoms. The number of unbranched alkanes of at least 4 members (excludes halogenated alkanes) is 1. The first-order chi connectivity index (χ1) is 14.9. The molecule has 4 nitrogen and oxygen atoms in total. The Balaban J connectivity index is 2.76. The Morgan fingerprint density at radius 1 is 1.31 bits per heavy atom. The van der Waals surface area contributed by atoms with Gasteiger partial charge in [0.05, 0.1) is 12.5 Å². The first-order valence-corrected chi connectivity index (χ1v) is 15.5. The van der Waals surface area contributed by atoms with Gasteiger partial charge in [-0.1, -0.05) is 59.1 Å². The summed E-state index contributed by atoms with van der Waals surface area (Å²) in [5.74, 6) is -0.117. The maximum absolute atomic E-state index is 10.6. The standard InChI is InChI=1S/C27H48O4Si/c1-8-9-14-21(2)25(31-32(6,7)27(3,4)5)20-18-22-17-19-24(28)23(22)15-12-10-11-13-16-26(29)30/h10,13,17,21,23-25,28H,8-9,12,14-16,18-20H2,1-7H3,(H,29,30)/t11?,21?,23-,24?,25?/m1/s1. The highest BCUT2D eigenvalue weighted by Gasteiger charge is 2.40. The third kappa shape index (κ3) is 9.78. The molecule has 4 atom stereocenters. The minimum absolute atomic E-state index is 0.000458. The van der Waals surface area contributed by atoms with Crippen LogP contribution in [0.1, 0.15) is 92.4 Å². The number of aliphatic hydroxyl groups is 1. The molecule has 0 aliphatic heterocycles. The SMILES string of the molecule is CCCCC(C)C(CCC1=CCC(O)[C@@H]1CCC=C=CCC(=O)O)O[Si](C)(C)C(C)(C)C. The summed E-state index contributed by atoms with van der Waals surface area (Å²) in [6, 6.07) is 0. The highest BCUT2D eigenvalue weighted by molar-refractivity contribution is 6.74. The molecule has 0 aromatic carbocycles. The van der Waals surface area contributed by atoms with E-state index in [-0.39, 0.29) is 29.6 Å². The Kier molecular flexibility index (Phi) is 12.2. The number of aliphatic hydroxyl groups excluding tert-OH is 1. The highest BCUT2D eigenvalue weighted by Crippen LogP contribution is 2.40. The lowest BCUT2D eigenvalue weighted by atomic mass is 9.88. The van der Waals surface area contributed by atoms with Gasteiger partial charge in [0.25, 0.3) is 0 Å². The van der Waals surface area contributed by atoms with Crippen molar-refractivity contribution < 1.29 is 19.4 Å². The minimum Gasteiger partial charge on any atom is -0.481 e. The number of aliphatic carboxylic acids is 1. The molecular formula is C27H48O4Si. The van der Waals surface area contributed by atoms with E-state index < -0.39 is 14.3 Å². The van der Waals surface area contributed by atoms with Gasteiger partial charge in [-0.3, -0.25) is 4.79 Å². The fourth-order valence-electron chi connectivity index (χ4n) is 4.11. The molecule has 1 aliphatic carbocycles. The molecule has 184 valence electrons. The molecule has 0 aromatic heterocycles. The fourth-order valence-corrected chi connectivity index (χ4v) is 5.57. The summed E-state index contributed by atoms with van der Waals surface area (Å²) >= 11 is 0. The van der Waals surface area contributed by atoms with Crippen LogP contribution >= 0.6 is 0 Å². The van der Waals surface area contributed by atoms with Crippen molar-refractivity contribution in [1.29, 1.82) is 0 Å². The zero-order chi connectivity index (χ0) is 24.4. The van der Waals surface area contributed by atoms with Crippen molar-refractivity contribution in [2.75, 3.05) is 0 Å². The molecule has 3 unspecified atom stereocenters. The van der Waals surface area contributed by atoms with E-state index in [1.54, 1.807) is 6.08 Å². The molecule has 1 aliphatic rings. The maximum atomic E-state index is 10.6. The summed E-state index contributed by atoms with van der Waals surface area (Å²) in [5, 5.41) is 19.4. The quantitative estimate of drug-likeness (QED) is 0.161. The summed E-state index contributed by atoms with van der Waals surface area (Å²) in [5.41, 5.74) is 4.32. The first kappa shape index (κ1) is 28.9. The number of carbonyl (C=O) groups is 1. The molecule has 0 saturated carbocycles. The predicted octanol–water partition coefficient (Wildman–Crippen LogP) is 7.26. The van der Waals surface area contributed by atoms with Crippen molar-refractivity contribution in [2.24, 2.45) is 11.8 Å². The molecule has 0 saturated heterocycles. The summed E-state index contributed by atoms with van der Waals surface area (Å²) in [6.07, 6.45) is 13.7. The van der Waals surface area contributed by atoms with E-state index in [0.29, 0.717) is 5.92 Å². The number of rotatable bonds is 14. The van der Waals surface area contributed by atoms with Gasteiger partial charge < -0.3 is 14.6 Å². The van der Waals surface area contributed by atoms with Crippen molar-refractivity contribution in [2.45, 2.75) is 123 Å². The number of hydrogen-bond acceptors (Lipinski definition) is 3. The van der Waals surface area contributed by atoms with Gasteiger partial charge >= 0.3 is 5.97 Å². The van der Waals surface area contributed by atoms with Gasteiger partial charge in [0.15, 0.2) is 8.32 Å². The predicted molar refractivity (Wildman–Crippen MR) is 136 cm³/mol. The second kappa shape index (κ2) is 13.5. The zero-order valence-electron chi connectivity index (χ0n) is 21.6. The number of carboxylic acid groups (broad SMARTS) is 1. The second-order valence-corrected chi connectivity index (χ2v) is 15.8. The van der Waals surface area contributed by atoms with Crippen LogP contribution in [0.2, 0.25) is 18.1 Å². The lowest BCUT2D eigenvalue weighted by Gasteiger charge is -2.41. The molecule has 0 radical (unpaired) electrons. The second-order valence-electron chi connectivity index (χ2n) is 11.0. The molecule has 0 bridgehead atoms. The Labute approximate surface area is 198 Å². The lowest BCUT2D eigenvalue weighted by Crippen LogP contribution is -2.45. The smallest absolute Gasteiger partial charge is 0.307 e. The normalized spacial score (nSPS) is 20.9. The molecule has 5 heteroatoms. The lowest BCUT2D eigenvalue weighted by molar-refractivity contribution is -0.136. The van der Waals surface area contributed by atoms with Crippen molar-refractivity contribution >= 4 is 14.3 Å². The van der Waals surface area contributed by atoms with Crippen LogP contribution in [0.4, 0.5) is 0 Å². The van der Waals surface area contributed by atoms with Crippen LogP contribution in [0.15, 0.2) is 29.5 Å². The Hall–Kier alpha value is -1.13. The van der Waals surface area contributed by atoms with Crippen LogP contribution in [0.25, 0.3) is 0 Å². The topological polar surface area (TPSA) is 66.8 Å². The Morgan fingerprint density at radius 2 is 2.00 bits per heavy atom. The van der Waals surface area contributed by atoms with Crippen molar-refractivity contribution in [1.82, 2.24) is 0 Å². The van der Waals surface area contributed by atoms with Crippen molar-refractivity contribution in [3.05, 3.63) is 29.5 Å². The molecule has 0 amide bonds. The van der Waals surface area contributed by atoms with Gasteiger partial charge in [-0.15, -0.1) is 5.73 Å². The third-order valence-corrected chi connectivity index (χ3v) is 11.8. The zero-order valence-corrected chi connectivity index (χ0v) is 22.6. The fraction of sp³-hybridized carbons (Fsp3) is 0.778. The van der Waals surface area contributed by atoms with Crippen LogP contribution in [0.5, 0.6) is 0 Å². The number of hydrogen-bond donors (Lipinski definition) is 2. The van der Waals surface area contributed by atoms with E-state index >= 15 is 0 Å². The molecule has 0 heterocycles. The first-order valence-electron chi connectivity index (χ1n) is 12.5. The van der Waals surface area contributed by atoms with Gasteiger partial charge in [0.1, 0.15) is 0 Å². The molecule has 0 fully saturated rings. The van der Waals surface area contributed by atoms with Gasteiger partial charge in [0.2, 0.25) is 0 Å². The molecule has 0 spiro atoms. The van der Waals surface area contributed by atoms with E-state index in [4.69, 9.17) is 9.53 Å². The molecule has 1 rings (SSSR count). The van der Waals surface area contributed by atoms with Crippen LogP contribution in [0, 0.1) is 11.8 Å². The molecule has 0 aromatic rings. The molecular weight excluding hydrogens is 416 g/mol. The van der Waals surface area contributed by atoms with E-state index in [9.17, 15) is 9.90 Å². The number of carboxylic acids is 1. The van der Waals surface area contributed by atoms with Gasteiger partial charge in [-0.25, -0.2) is 0 Å². The van der Waals surface area contributed by atoms with Crippen molar-refractivity contribution in [3.8, 4) is 0 Å². The van der Waals surface area contributed by atoms with Gasteiger partial charge in [0, 0.05) is 12.0 Å². The maximum Gasteiger partial charge on any atom is 0.307 e. The summed E-state index contributed by atoms with van der Waals surface area (Å²) in [7, 11) is -1.85. The van der Waals surface area contributed by atoms with Crippen LogP contribution in [-0.2, 0) is 9.22 Å². The third-order valence-electron chi connectivity index (χ3n) is 7.31. The monoisotopic (exact) mass is 464 g/mol. The Bertz CT molecular complexity index is 668. The van der Waals surface area contributed by atoms with Crippen molar-refractivity contribution in [3.63, 3.8) is 0 Å². The average Bonchev–Trinajstić information content (AvgIpc) is 3.04. The minimum atomic E-state index is -1.85. The van der Waals surface area contributed by atoms with E-state index in [1.807, 2.05) is 6.08 Å². The van der Waals surface area contributed by atoms with Crippen LogP contribution in [0.3, 0.4) is 0 Å². The summed E-state index contributed by atoms with van der Waals surface area (Å²) < 4.78 is 6.91.